The van der Waals surface area contributed by atoms with E-state index in [1.54, 1.807) is 23.1 Å². The van der Waals surface area contributed by atoms with Crippen LogP contribution in [0.5, 0.6) is 0 Å². The van der Waals surface area contributed by atoms with Crippen LogP contribution in [0.15, 0.2) is 0 Å². The lowest BCUT2D eigenvalue weighted by Gasteiger charge is -2.23. The summed E-state index contributed by atoms with van der Waals surface area (Å²) < 4.78 is 3.98. The van der Waals surface area contributed by atoms with Crippen molar-refractivity contribution in [3.63, 3.8) is 0 Å². The summed E-state index contributed by atoms with van der Waals surface area (Å²) >= 11 is 5.34. The third-order valence-corrected chi connectivity index (χ3v) is 3.67. The monoisotopic (exact) mass is 281 g/mol. The Bertz CT molecular complexity index is 691. The van der Waals surface area contributed by atoms with Crippen molar-refractivity contribution in [3.8, 4) is 0 Å². The molecule has 0 unspecified atom stereocenters. The summed E-state index contributed by atoms with van der Waals surface area (Å²) in [6.45, 7) is 5.61. The summed E-state index contributed by atoms with van der Waals surface area (Å²) in [5.41, 5.74) is 7.25. The number of amides is 1. The van der Waals surface area contributed by atoms with E-state index in [-0.39, 0.29) is 0 Å². The van der Waals surface area contributed by atoms with E-state index >= 15 is 0 Å². The van der Waals surface area contributed by atoms with E-state index in [1.807, 2.05) is 7.05 Å². The molecule has 0 aliphatic rings. The number of nitrogens with zero attached hydrogens (tertiary/aromatic N) is 3. The second-order valence-corrected chi connectivity index (χ2v) is 5.59. The van der Waals surface area contributed by atoms with Gasteiger partial charge < -0.3 is 10.7 Å². The van der Waals surface area contributed by atoms with Crippen LogP contribution in [0.2, 0.25) is 0 Å². The molecular formula is C12H19N5OS. The number of aryl methyl sites for hydroxylation is 2. The van der Waals surface area contributed by atoms with E-state index in [0.29, 0.717) is 4.77 Å². The van der Waals surface area contributed by atoms with Crippen molar-refractivity contribution in [2.45, 2.75) is 39.2 Å². The molecule has 104 valence electrons. The number of imidazole rings is 1. The van der Waals surface area contributed by atoms with Gasteiger partial charge in [0.1, 0.15) is 11.1 Å². The summed E-state index contributed by atoms with van der Waals surface area (Å²) in [6.07, 6.45) is 1.86. The van der Waals surface area contributed by atoms with E-state index in [4.69, 9.17) is 18.0 Å². The van der Waals surface area contributed by atoms with Crippen LogP contribution < -0.4 is 5.73 Å². The van der Waals surface area contributed by atoms with E-state index in [1.165, 1.54) is 0 Å². The van der Waals surface area contributed by atoms with Crippen LogP contribution in [-0.4, -0.2) is 25.2 Å². The quantitative estimate of drug-likeness (QED) is 0.835. The number of nitrogens with one attached hydrogen (secondary N) is 1. The van der Waals surface area contributed by atoms with Crippen LogP contribution in [0.3, 0.4) is 0 Å². The minimum absolute atomic E-state index is 0.428. The summed E-state index contributed by atoms with van der Waals surface area (Å²) in [4.78, 5) is 14.8. The zero-order valence-corrected chi connectivity index (χ0v) is 12.5. The molecule has 19 heavy (non-hydrogen) atoms. The average Bonchev–Trinajstić information content (AvgIpc) is 2.78. The maximum Gasteiger partial charge on any atom is 0.243 e. The molecule has 0 saturated carbocycles. The first-order valence-corrected chi connectivity index (χ1v) is 6.68. The lowest BCUT2D eigenvalue weighted by atomic mass is 10.1. The van der Waals surface area contributed by atoms with E-state index in [9.17, 15) is 4.79 Å². The smallest absolute Gasteiger partial charge is 0.243 e. The molecule has 6 nitrogen and oxygen atoms in total. The molecule has 0 aliphatic carbocycles. The lowest BCUT2D eigenvalue weighted by Crippen LogP contribution is -2.41. The topological polar surface area (TPSA) is 81.6 Å². The van der Waals surface area contributed by atoms with Crippen LogP contribution >= 0.6 is 12.2 Å². The molecule has 0 aromatic carbocycles. The third kappa shape index (κ3) is 1.98. The van der Waals surface area contributed by atoms with Crippen LogP contribution in [0.25, 0.3) is 11.2 Å². The van der Waals surface area contributed by atoms with Crippen molar-refractivity contribution in [3.05, 3.63) is 10.5 Å². The number of rotatable bonds is 4. The maximum absolute atomic E-state index is 11.7. The van der Waals surface area contributed by atoms with Gasteiger partial charge in [0, 0.05) is 7.05 Å². The molecule has 7 heteroatoms. The number of primary amides is 1. The highest BCUT2D eigenvalue weighted by molar-refractivity contribution is 7.71. The predicted molar refractivity (Wildman–Crippen MR) is 76.4 cm³/mol. The first kappa shape index (κ1) is 13.8. The Morgan fingerprint density at radius 3 is 2.68 bits per heavy atom. The maximum atomic E-state index is 11.7. The molecule has 2 heterocycles. The summed E-state index contributed by atoms with van der Waals surface area (Å²) in [7, 11) is 1.84. The fourth-order valence-corrected chi connectivity index (χ4v) is 2.67. The van der Waals surface area contributed by atoms with Gasteiger partial charge in [-0.1, -0.05) is 13.3 Å². The minimum atomic E-state index is -0.896. The van der Waals surface area contributed by atoms with Gasteiger partial charge >= 0.3 is 0 Å². The molecule has 0 fully saturated rings. The number of nitrogens with two attached hydrogens (primary N) is 1. The Morgan fingerprint density at radius 1 is 1.53 bits per heavy atom. The van der Waals surface area contributed by atoms with Gasteiger partial charge in [-0.3, -0.25) is 14.0 Å². The Labute approximate surface area is 116 Å². The van der Waals surface area contributed by atoms with Gasteiger partial charge in [-0.05, 0) is 32.5 Å². The van der Waals surface area contributed by atoms with Crippen molar-refractivity contribution in [2.24, 2.45) is 12.8 Å². The highest BCUT2D eigenvalue weighted by Crippen LogP contribution is 2.25. The zero-order valence-electron chi connectivity index (χ0n) is 11.6. The number of H-pyrrole nitrogens is 1. The van der Waals surface area contributed by atoms with Crippen molar-refractivity contribution in [2.75, 3.05) is 0 Å². The number of hydrogen-bond donors (Lipinski definition) is 2. The van der Waals surface area contributed by atoms with Gasteiger partial charge in [0.2, 0.25) is 5.91 Å². The van der Waals surface area contributed by atoms with Gasteiger partial charge in [0.25, 0.3) is 0 Å². The van der Waals surface area contributed by atoms with E-state index in [2.05, 4.69) is 17.0 Å². The van der Waals surface area contributed by atoms with Crippen LogP contribution in [0.1, 0.15) is 32.9 Å². The number of carbonyl (C=O) groups excluding carboxylic acids is 1. The zero-order chi connectivity index (χ0) is 14.4. The predicted octanol–water partition coefficient (Wildman–Crippen LogP) is 1.61. The van der Waals surface area contributed by atoms with E-state index < -0.39 is 11.4 Å². The third-order valence-electron chi connectivity index (χ3n) is 3.39. The van der Waals surface area contributed by atoms with Gasteiger partial charge in [-0.15, -0.1) is 0 Å². The second-order valence-electron chi connectivity index (χ2n) is 5.21. The standard InChI is InChI=1S/C12H19N5OS/c1-5-6-7-8-9(16(4)15-7)17(11(19)14-8)12(2,3)10(13)18/h5-6H2,1-4H3,(H2,13,18)(H,14,19). The SMILES string of the molecule is CCCc1nn(C)c2c1[nH]c(=S)n2C(C)(C)C(N)=O. The minimum Gasteiger partial charge on any atom is -0.368 e. The number of fused-ring (bicyclic) bond motifs is 1. The van der Waals surface area contributed by atoms with Crippen molar-refractivity contribution < 1.29 is 4.79 Å². The molecule has 0 saturated heterocycles. The Kier molecular flexibility index (Phi) is 3.25. The van der Waals surface area contributed by atoms with Crippen LogP contribution in [-0.2, 0) is 23.8 Å². The first-order chi connectivity index (χ1) is 8.80. The molecule has 0 bridgehead atoms. The largest absolute Gasteiger partial charge is 0.368 e. The Hall–Kier alpha value is -1.63. The number of aromatic amines is 1. The molecule has 1 amide bonds. The molecule has 0 atom stereocenters. The molecule has 2 aromatic rings. The van der Waals surface area contributed by atoms with Crippen LogP contribution in [0.4, 0.5) is 0 Å². The lowest BCUT2D eigenvalue weighted by molar-refractivity contribution is -0.125. The number of hydrogen-bond acceptors (Lipinski definition) is 3. The number of carbonyl (C=O) groups is 1. The van der Waals surface area contributed by atoms with Crippen molar-refractivity contribution >= 4 is 29.3 Å². The summed E-state index contributed by atoms with van der Waals surface area (Å²) in [6, 6.07) is 0. The Balaban J connectivity index is 2.80. The molecular weight excluding hydrogens is 262 g/mol. The van der Waals surface area contributed by atoms with Crippen molar-refractivity contribution in [1.82, 2.24) is 19.3 Å². The van der Waals surface area contributed by atoms with Gasteiger partial charge in [-0.25, -0.2) is 0 Å². The Morgan fingerprint density at radius 2 is 2.16 bits per heavy atom. The second kappa shape index (κ2) is 4.48. The molecule has 0 aliphatic heterocycles. The molecule has 2 aromatic heterocycles. The van der Waals surface area contributed by atoms with Gasteiger partial charge in [-0.2, -0.15) is 5.10 Å². The highest BCUT2D eigenvalue weighted by Gasteiger charge is 2.31. The average molecular weight is 281 g/mol. The van der Waals surface area contributed by atoms with Crippen molar-refractivity contribution in [1.29, 1.82) is 0 Å². The summed E-state index contributed by atoms with van der Waals surface area (Å²) in [5.74, 6) is -0.428. The highest BCUT2D eigenvalue weighted by atomic mass is 32.1. The van der Waals surface area contributed by atoms with E-state index in [0.717, 1.165) is 29.7 Å². The van der Waals surface area contributed by atoms with Gasteiger partial charge in [0.15, 0.2) is 10.4 Å². The normalized spacial score (nSPS) is 12.2. The molecule has 0 spiro atoms. The molecule has 3 N–H and O–H groups in total. The fourth-order valence-electron chi connectivity index (χ4n) is 2.25. The number of aromatic nitrogens is 4. The summed E-state index contributed by atoms with van der Waals surface area (Å²) in [5, 5.41) is 4.48. The fraction of sp³-hybridized carbons (Fsp3) is 0.583. The van der Waals surface area contributed by atoms with Crippen LogP contribution in [0, 0.1) is 4.77 Å². The molecule has 0 radical (unpaired) electrons. The van der Waals surface area contributed by atoms with Gasteiger partial charge in [0.05, 0.1) is 5.69 Å². The first-order valence-electron chi connectivity index (χ1n) is 6.27. The molecule has 2 rings (SSSR count).